The van der Waals surface area contributed by atoms with Crippen molar-refractivity contribution in [1.29, 1.82) is 0 Å². The lowest BCUT2D eigenvalue weighted by molar-refractivity contribution is 0.669. The van der Waals surface area contributed by atoms with Gasteiger partial charge < -0.3 is 8.98 Å². The van der Waals surface area contributed by atoms with Crippen LogP contribution < -0.4 is 0 Å². The first-order valence-corrected chi connectivity index (χ1v) is 12.5. The van der Waals surface area contributed by atoms with Crippen LogP contribution in [0.5, 0.6) is 0 Å². The van der Waals surface area contributed by atoms with Crippen LogP contribution in [0.4, 0.5) is 0 Å². The first kappa shape index (κ1) is 20.9. The van der Waals surface area contributed by atoms with E-state index in [2.05, 4.69) is 117 Å². The molecule has 5 heteroatoms. The minimum Gasteiger partial charge on any atom is -0.456 e. The van der Waals surface area contributed by atoms with Crippen molar-refractivity contribution in [3.8, 4) is 28.2 Å². The Morgan fingerprint density at radius 1 is 0.526 bits per heavy atom. The van der Waals surface area contributed by atoms with Crippen molar-refractivity contribution in [2.24, 2.45) is 0 Å². The van der Waals surface area contributed by atoms with Crippen LogP contribution >= 0.6 is 0 Å². The van der Waals surface area contributed by atoms with Crippen LogP contribution in [0.3, 0.4) is 0 Å². The van der Waals surface area contributed by atoms with Gasteiger partial charge in [-0.15, -0.1) is 0 Å². The molecule has 0 saturated carbocycles. The SMILES string of the molecule is c1ccc(-n2c3ccc(-c4ccc(-c5ncncn5)cc4)cc3c3c4c(ccc32)oc2ccccc24)cc1. The highest BCUT2D eigenvalue weighted by atomic mass is 16.3. The fourth-order valence-corrected chi connectivity index (χ4v) is 5.56. The number of benzene rings is 5. The summed E-state index contributed by atoms with van der Waals surface area (Å²) in [5.41, 5.74) is 8.51. The standard InChI is InChI=1S/C33H20N4O/c1-2-6-24(7-3-1)37-27-15-14-23(21-10-12-22(13-11-21)33-35-19-34-20-36-33)18-26(27)31-28(37)16-17-30-32(31)25-8-4-5-9-29(25)38-30/h1-20H. The molecule has 0 fully saturated rings. The van der Waals surface area contributed by atoms with Gasteiger partial charge in [0, 0.05) is 32.8 Å². The van der Waals surface area contributed by atoms with E-state index in [9.17, 15) is 0 Å². The highest BCUT2D eigenvalue weighted by molar-refractivity contribution is 6.27. The van der Waals surface area contributed by atoms with Crippen LogP contribution in [0.15, 0.2) is 126 Å². The zero-order valence-corrected chi connectivity index (χ0v) is 20.2. The number of nitrogens with zero attached hydrogens (tertiary/aromatic N) is 4. The Hall–Kier alpha value is -5.29. The highest BCUT2D eigenvalue weighted by Gasteiger charge is 2.19. The van der Waals surface area contributed by atoms with Crippen LogP contribution in [0.25, 0.3) is 71.9 Å². The molecule has 3 aromatic heterocycles. The summed E-state index contributed by atoms with van der Waals surface area (Å²) in [4.78, 5) is 12.5. The van der Waals surface area contributed by atoms with Crippen molar-refractivity contribution in [3.63, 3.8) is 0 Å². The van der Waals surface area contributed by atoms with Crippen molar-refractivity contribution >= 4 is 43.7 Å². The van der Waals surface area contributed by atoms with E-state index in [1.165, 1.54) is 23.4 Å². The van der Waals surface area contributed by atoms with E-state index in [0.29, 0.717) is 5.82 Å². The van der Waals surface area contributed by atoms with Gasteiger partial charge in [-0.25, -0.2) is 15.0 Å². The van der Waals surface area contributed by atoms with Crippen molar-refractivity contribution in [2.75, 3.05) is 0 Å². The molecule has 0 aliphatic carbocycles. The van der Waals surface area contributed by atoms with Crippen LogP contribution in [-0.4, -0.2) is 19.5 Å². The third-order valence-corrected chi connectivity index (χ3v) is 7.25. The summed E-state index contributed by atoms with van der Waals surface area (Å²) in [5.74, 6) is 0.669. The zero-order valence-electron chi connectivity index (χ0n) is 20.2. The number of hydrogen-bond donors (Lipinski definition) is 0. The molecule has 0 amide bonds. The molecule has 8 aromatic rings. The van der Waals surface area contributed by atoms with Crippen LogP contribution in [0.2, 0.25) is 0 Å². The van der Waals surface area contributed by atoms with Gasteiger partial charge in [-0.1, -0.05) is 66.7 Å². The Morgan fingerprint density at radius 2 is 1.24 bits per heavy atom. The second-order valence-corrected chi connectivity index (χ2v) is 9.37. The molecule has 38 heavy (non-hydrogen) atoms. The lowest BCUT2D eigenvalue weighted by atomic mass is 10.00. The molecule has 5 nitrogen and oxygen atoms in total. The molecule has 178 valence electrons. The van der Waals surface area contributed by atoms with E-state index in [1.807, 2.05) is 12.1 Å². The average Bonchev–Trinajstić information content (AvgIpc) is 3.53. The maximum atomic E-state index is 6.27. The Bertz CT molecular complexity index is 2110. The lowest BCUT2D eigenvalue weighted by Gasteiger charge is -2.08. The summed E-state index contributed by atoms with van der Waals surface area (Å²) < 4.78 is 8.62. The van der Waals surface area contributed by atoms with Gasteiger partial charge in [0.1, 0.15) is 23.8 Å². The Kier molecular flexibility index (Phi) is 4.45. The molecule has 0 atom stereocenters. The summed E-state index contributed by atoms with van der Waals surface area (Å²) in [7, 11) is 0. The van der Waals surface area contributed by atoms with Crippen molar-refractivity contribution in [1.82, 2.24) is 19.5 Å². The van der Waals surface area contributed by atoms with Gasteiger partial charge in [0.15, 0.2) is 5.82 Å². The largest absolute Gasteiger partial charge is 0.456 e. The van der Waals surface area contributed by atoms with Crippen LogP contribution in [0.1, 0.15) is 0 Å². The number of rotatable bonds is 3. The van der Waals surface area contributed by atoms with Crippen molar-refractivity contribution < 1.29 is 4.42 Å². The molecule has 0 N–H and O–H groups in total. The molecule has 0 radical (unpaired) electrons. The predicted molar refractivity (Wildman–Crippen MR) is 152 cm³/mol. The molecule has 0 unspecified atom stereocenters. The molecule has 5 aromatic carbocycles. The highest BCUT2D eigenvalue weighted by Crippen LogP contribution is 2.42. The molecular formula is C33H20N4O. The topological polar surface area (TPSA) is 56.7 Å². The first-order chi connectivity index (χ1) is 18.8. The fourth-order valence-electron chi connectivity index (χ4n) is 5.56. The van der Waals surface area contributed by atoms with Crippen LogP contribution in [-0.2, 0) is 0 Å². The van der Waals surface area contributed by atoms with Gasteiger partial charge >= 0.3 is 0 Å². The van der Waals surface area contributed by atoms with E-state index < -0.39 is 0 Å². The van der Waals surface area contributed by atoms with Gasteiger partial charge in [0.2, 0.25) is 0 Å². The molecule has 0 aliphatic rings. The van der Waals surface area contributed by atoms with Gasteiger partial charge in [0.05, 0.1) is 11.0 Å². The van der Waals surface area contributed by atoms with E-state index in [0.717, 1.165) is 55.3 Å². The van der Waals surface area contributed by atoms with Gasteiger partial charge in [0.25, 0.3) is 0 Å². The maximum Gasteiger partial charge on any atom is 0.162 e. The van der Waals surface area contributed by atoms with E-state index in [1.54, 1.807) is 0 Å². The molecule has 3 heterocycles. The third kappa shape index (κ3) is 3.09. The van der Waals surface area contributed by atoms with Crippen LogP contribution in [0, 0.1) is 0 Å². The second kappa shape index (κ2) is 8.11. The Morgan fingerprint density at radius 3 is 2.08 bits per heavy atom. The fraction of sp³-hybridized carbons (Fsp3) is 0. The summed E-state index contributed by atoms with van der Waals surface area (Å²) in [5, 5.41) is 4.68. The smallest absolute Gasteiger partial charge is 0.162 e. The van der Waals surface area contributed by atoms with Gasteiger partial charge in [-0.2, -0.15) is 0 Å². The van der Waals surface area contributed by atoms with E-state index in [4.69, 9.17) is 4.42 Å². The average molecular weight is 489 g/mol. The summed E-state index contributed by atoms with van der Waals surface area (Å²) in [6, 6.07) is 38.2. The predicted octanol–water partition coefficient (Wildman–Crippen LogP) is 8.20. The quantitative estimate of drug-likeness (QED) is 0.251. The lowest BCUT2D eigenvalue weighted by Crippen LogP contribution is -1.93. The van der Waals surface area contributed by atoms with E-state index >= 15 is 0 Å². The van der Waals surface area contributed by atoms with Gasteiger partial charge in [-0.05, 0) is 53.6 Å². The third-order valence-electron chi connectivity index (χ3n) is 7.25. The van der Waals surface area contributed by atoms with E-state index in [-0.39, 0.29) is 0 Å². The number of fused-ring (bicyclic) bond motifs is 7. The molecule has 8 rings (SSSR count). The Balaban J connectivity index is 1.41. The summed E-state index contributed by atoms with van der Waals surface area (Å²) in [6.45, 7) is 0. The van der Waals surface area contributed by atoms with Crippen molar-refractivity contribution in [3.05, 3.63) is 122 Å². The zero-order chi connectivity index (χ0) is 25.1. The minimum absolute atomic E-state index is 0.669. The van der Waals surface area contributed by atoms with Gasteiger partial charge in [-0.3, -0.25) is 0 Å². The number of aromatic nitrogens is 4. The molecule has 0 saturated heterocycles. The first-order valence-electron chi connectivity index (χ1n) is 12.5. The molecule has 0 spiro atoms. The Labute approximate surface area is 217 Å². The summed E-state index contributed by atoms with van der Waals surface area (Å²) >= 11 is 0. The minimum atomic E-state index is 0.669. The normalized spacial score (nSPS) is 11.7. The number of furan rings is 1. The molecular weight excluding hydrogens is 468 g/mol. The number of para-hydroxylation sites is 2. The molecule has 0 aliphatic heterocycles. The number of hydrogen-bond acceptors (Lipinski definition) is 4. The van der Waals surface area contributed by atoms with Crippen molar-refractivity contribution in [2.45, 2.75) is 0 Å². The molecule has 0 bridgehead atoms. The monoisotopic (exact) mass is 488 g/mol. The maximum absolute atomic E-state index is 6.27. The second-order valence-electron chi connectivity index (χ2n) is 9.37. The summed E-state index contributed by atoms with van der Waals surface area (Å²) in [6.07, 6.45) is 3.04.